The molecule has 0 saturated carbocycles. The van der Waals surface area contributed by atoms with Crippen LogP contribution in [0, 0.1) is 11.7 Å². The fraction of sp³-hybridized carbons (Fsp3) is 0.429. The van der Waals surface area contributed by atoms with Crippen molar-refractivity contribution in [2.24, 2.45) is 0 Å². The summed E-state index contributed by atoms with van der Waals surface area (Å²) in [5.74, 6) is 0. The summed E-state index contributed by atoms with van der Waals surface area (Å²) in [6.45, 7) is 10.2. The Labute approximate surface area is 171 Å². The van der Waals surface area contributed by atoms with E-state index < -0.39 is 23.5 Å². The smallest absolute Gasteiger partial charge is 0.442 e. The first kappa shape index (κ1) is 23.4. The number of hydrogen-bond donors (Lipinski definition) is 0. The number of hydrogen-bond acceptors (Lipinski definition) is 6. The lowest BCUT2D eigenvalue weighted by Crippen LogP contribution is -2.39. The number of nitrogens with zero attached hydrogens (tertiary/aromatic N) is 1. The molecule has 0 spiro atoms. The predicted molar refractivity (Wildman–Crippen MR) is 110 cm³/mol. The molecule has 0 heterocycles. The highest BCUT2D eigenvalue weighted by Gasteiger charge is 2.27. The van der Waals surface area contributed by atoms with Gasteiger partial charge in [-0.3, -0.25) is 4.84 Å². The van der Waals surface area contributed by atoms with E-state index in [0.29, 0.717) is 0 Å². The second-order valence-electron chi connectivity index (χ2n) is 7.76. The number of terminal acetylenes is 1. The molecule has 7 heteroatoms. The molecule has 1 rings (SSSR count). The van der Waals surface area contributed by atoms with Gasteiger partial charge in [0.2, 0.25) is 0 Å². The number of carbonyl (C=O) groups excluding carboxylic acids is 2. The van der Waals surface area contributed by atoms with Crippen LogP contribution in [0.25, 0.3) is 6.08 Å². The molecular weight excluding hydrogens is 378 g/mol. The standard InChI is InChI=1S/C21H27NO5S/c1-8-28-17-14-10-9-12-16(17)13-11-15-22(18(23)25-20(2,3)4)27-19(24)26-21(5,6)7/h1,9-14H,15H2,2-7H3/b13-11+. The van der Waals surface area contributed by atoms with E-state index in [2.05, 4.69) is 5.25 Å². The minimum Gasteiger partial charge on any atom is -0.442 e. The van der Waals surface area contributed by atoms with E-state index in [0.717, 1.165) is 15.5 Å². The summed E-state index contributed by atoms with van der Waals surface area (Å²) in [5.41, 5.74) is -0.614. The third-order valence-electron chi connectivity index (χ3n) is 2.83. The maximum Gasteiger partial charge on any atom is 0.534 e. The number of carbonyl (C=O) groups is 2. The Bertz CT molecular complexity index is 753. The van der Waals surface area contributed by atoms with Gasteiger partial charge in [0.15, 0.2) is 0 Å². The van der Waals surface area contributed by atoms with Crippen LogP contribution in [0.2, 0.25) is 0 Å². The van der Waals surface area contributed by atoms with Crippen LogP contribution in [0.3, 0.4) is 0 Å². The van der Waals surface area contributed by atoms with Crippen LogP contribution in [-0.4, -0.2) is 35.1 Å². The lowest BCUT2D eigenvalue weighted by molar-refractivity contribution is -0.130. The van der Waals surface area contributed by atoms with Gasteiger partial charge in [-0.1, -0.05) is 30.4 Å². The molecule has 0 atom stereocenters. The maximum absolute atomic E-state index is 12.4. The second kappa shape index (κ2) is 10.1. The minimum atomic E-state index is -0.991. The molecule has 0 saturated heterocycles. The monoisotopic (exact) mass is 405 g/mol. The maximum atomic E-state index is 12.4. The zero-order valence-electron chi connectivity index (χ0n) is 17.1. The van der Waals surface area contributed by atoms with Crippen molar-refractivity contribution < 1.29 is 23.9 Å². The van der Waals surface area contributed by atoms with Crippen LogP contribution < -0.4 is 0 Å². The van der Waals surface area contributed by atoms with Gasteiger partial charge in [-0.15, -0.1) is 11.5 Å². The van der Waals surface area contributed by atoms with Crippen LogP contribution in [-0.2, 0) is 14.3 Å². The van der Waals surface area contributed by atoms with E-state index in [4.69, 9.17) is 20.7 Å². The van der Waals surface area contributed by atoms with E-state index in [1.165, 1.54) is 11.8 Å². The normalized spacial score (nSPS) is 11.6. The van der Waals surface area contributed by atoms with Crippen LogP contribution in [0.4, 0.5) is 9.59 Å². The Morgan fingerprint density at radius 1 is 1.11 bits per heavy atom. The molecule has 6 nitrogen and oxygen atoms in total. The highest BCUT2D eigenvalue weighted by Crippen LogP contribution is 2.22. The van der Waals surface area contributed by atoms with Crippen molar-refractivity contribution in [1.29, 1.82) is 0 Å². The van der Waals surface area contributed by atoms with Gasteiger partial charge in [0.05, 0.1) is 6.54 Å². The van der Waals surface area contributed by atoms with Gasteiger partial charge in [-0.05, 0) is 70.2 Å². The summed E-state index contributed by atoms with van der Waals surface area (Å²) >= 11 is 1.26. The second-order valence-corrected chi connectivity index (χ2v) is 8.64. The summed E-state index contributed by atoms with van der Waals surface area (Å²) in [5, 5.41) is 3.34. The van der Waals surface area contributed by atoms with Crippen LogP contribution in [0.15, 0.2) is 35.2 Å². The molecule has 1 aromatic rings. The molecule has 0 bridgehead atoms. The van der Waals surface area contributed by atoms with Crippen molar-refractivity contribution in [3.63, 3.8) is 0 Å². The Balaban J connectivity index is 2.92. The molecule has 0 aliphatic carbocycles. The minimum absolute atomic E-state index is 0.0246. The number of rotatable bonds is 4. The van der Waals surface area contributed by atoms with E-state index in [9.17, 15) is 9.59 Å². The lowest BCUT2D eigenvalue weighted by Gasteiger charge is -2.26. The van der Waals surface area contributed by atoms with Gasteiger partial charge in [-0.25, -0.2) is 9.59 Å². The third kappa shape index (κ3) is 9.38. The quantitative estimate of drug-likeness (QED) is 0.286. The molecule has 0 radical (unpaired) electrons. The molecule has 0 unspecified atom stereocenters. The zero-order chi connectivity index (χ0) is 21.4. The molecule has 152 valence electrons. The number of ether oxygens (including phenoxy) is 2. The van der Waals surface area contributed by atoms with Gasteiger partial charge in [0.25, 0.3) is 0 Å². The molecule has 1 amide bonds. The van der Waals surface area contributed by atoms with Crippen LogP contribution >= 0.6 is 11.8 Å². The Kier molecular flexibility index (Phi) is 8.45. The summed E-state index contributed by atoms with van der Waals surface area (Å²) in [7, 11) is 0. The first-order chi connectivity index (χ1) is 12.9. The number of benzene rings is 1. The average molecular weight is 406 g/mol. The van der Waals surface area contributed by atoms with Crippen LogP contribution in [0.1, 0.15) is 47.1 Å². The van der Waals surface area contributed by atoms with Gasteiger partial charge in [0, 0.05) is 4.90 Å². The molecular formula is C21H27NO5S. The third-order valence-corrected chi connectivity index (χ3v) is 3.54. The summed E-state index contributed by atoms with van der Waals surface area (Å²) in [6.07, 6.45) is 7.03. The summed E-state index contributed by atoms with van der Waals surface area (Å²) in [4.78, 5) is 30.3. The molecule has 28 heavy (non-hydrogen) atoms. The fourth-order valence-corrected chi connectivity index (χ4v) is 2.40. The lowest BCUT2D eigenvalue weighted by atomic mass is 10.2. The largest absolute Gasteiger partial charge is 0.534 e. The number of hydroxylamine groups is 2. The molecule has 0 aromatic heterocycles. The van der Waals surface area contributed by atoms with E-state index in [1.807, 2.05) is 24.3 Å². The predicted octanol–water partition coefficient (Wildman–Crippen LogP) is 5.49. The van der Waals surface area contributed by atoms with Gasteiger partial charge in [-0.2, -0.15) is 0 Å². The summed E-state index contributed by atoms with van der Waals surface area (Å²) < 4.78 is 10.4. The Morgan fingerprint density at radius 2 is 1.71 bits per heavy atom. The van der Waals surface area contributed by atoms with Crippen molar-refractivity contribution in [2.75, 3.05) is 6.54 Å². The van der Waals surface area contributed by atoms with Gasteiger partial charge in [0.1, 0.15) is 11.2 Å². The number of amides is 1. The van der Waals surface area contributed by atoms with E-state index >= 15 is 0 Å². The Hall–Kier alpha value is -2.59. The van der Waals surface area contributed by atoms with Crippen molar-refractivity contribution in [3.8, 4) is 11.7 Å². The van der Waals surface area contributed by atoms with Crippen molar-refractivity contribution >= 4 is 30.1 Å². The highest BCUT2D eigenvalue weighted by molar-refractivity contribution is 8.04. The van der Waals surface area contributed by atoms with Crippen molar-refractivity contribution in [3.05, 3.63) is 35.9 Å². The fourth-order valence-electron chi connectivity index (χ4n) is 1.87. The van der Waals surface area contributed by atoms with Crippen LogP contribution in [0.5, 0.6) is 0 Å². The highest BCUT2D eigenvalue weighted by atomic mass is 32.2. The molecule has 0 aliphatic rings. The molecule has 1 aromatic carbocycles. The molecule has 0 N–H and O–H groups in total. The topological polar surface area (TPSA) is 65.1 Å². The first-order valence-corrected chi connectivity index (χ1v) is 9.52. The zero-order valence-corrected chi connectivity index (χ0v) is 18.0. The molecule has 0 aliphatic heterocycles. The van der Waals surface area contributed by atoms with Crippen molar-refractivity contribution in [2.45, 2.75) is 57.6 Å². The Morgan fingerprint density at radius 3 is 2.29 bits per heavy atom. The van der Waals surface area contributed by atoms with E-state index in [1.54, 1.807) is 53.7 Å². The van der Waals surface area contributed by atoms with Gasteiger partial charge >= 0.3 is 12.2 Å². The average Bonchev–Trinajstić information content (AvgIpc) is 2.52. The first-order valence-electron chi connectivity index (χ1n) is 8.71. The number of thioether (sulfide) groups is 1. The molecule has 0 fully saturated rings. The van der Waals surface area contributed by atoms with E-state index in [-0.39, 0.29) is 6.54 Å². The summed E-state index contributed by atoms with van der Waals surface area (Å²) in [6, 6.07) is 7.55. The van der Waals surface area contributed by atoms with Crippen molar-refractivity contribution in [1.82, 2.24) is 5.06 Å². The SMILES string of the molecule is C#CSc1ccccc1/C=C/CN(OC(=O)OC(C)(C)C)C(=O)OC(C)(C)C. The van der Waals surface area contributed by atoms with Gasteiger partial charge < -0.3 is 9.47 Å².